The molecule has 0 unspecified atom stereocenters. The lowest BCUT2D eigenvalue weighted by Gasteiger charge is -2.52. The normalized spacial score (nSPS) is 17.8. The topological polar surface area (TPSA) is 19.6 Å². The number of benzene rings is 9. The molecule has 0 N–H and O–H groups in total. The maximum Gasteiger partial charge on any atom is 0.333 e. The highest BCUT2D eigenvalue weighted by atomic mass is 16.3. The first-order chi connectivity index (χ1) is 34.0. The Bertz CT molecular complexity index is 3990. The molecule has 3 nitrogen and oxygen atoms in total. The fraction of sp³-hybridized carbons (Fsp3) is 0.182. The van der Waals surface area contributed by atoms with Crippen LogP contribution in [0.15, 0.2) is 180 Å². The molecule has 0 radical (unpaired) electrons. The Kier molecular flexibility index (Phi) is 7.19. The van der Waals surface area contributed by atoms with Crippen molar-refractivity contribution in [3.63, 3.8) is 0 Å². The minimum absolute atomic E-state index is 0.0243. The summed E-state index contributed by atoms with van der Waals surface area (Å²) >= 11 is 0. The van der Waals surface area contributed by atoms with Gasteiger partial charge >= 0.3 is 6.85 Å². The second-order valence-electron chi connectivity index (χ2n) is 22.9. The molecule has 4 heterocycles. The van der Waals surface area contributed by atoms with E-state index in [-0.39, 0.29) is 23.1 Å². The lowest BCUT2D eigenvalue weighted by molar-refractivity contribution is 0.332. The third kappa shape index (κ3) is 4.48. The van der Waals surface area contributed by atoms with Crippen molar-refractivity contribution in [3.05, 3.63) is 220 Å². The SMILES string of the molecule is CC1(C)CCC(C)(C)c2cc(N3B4c5cccc6c5N(c5ccccc5C65c6ccccc6-c6ccccc65)c5cc6c(c(c54)-c4c3ccc3c4oc4ccccc43)C(C)(C)c3ccccc3-6)ccc21. The van der Waals surface area contributed by atoms with Gasteiger partial charge in [-0.3, -0.25) is 0 Å². The second-order valence-corrected chi connectivity index (χ2v) is 22.9. The maximum absolute atomic E-state index is 7.27. The van der Waals surface area contributed by atoms with Crippen LogP contribution in [-0.2, 0) is 21.7 Å². The number of hydrogen-bond acceptors (Lipinski definition) is 3. The number of hydrogen-bond donors (Lipinski definition) is 0. The van der Waals surface area contributed by atoms with E-state index in [9.17, 15) is 0 Å². The van der Waals surface area contributed by atoms with Crippen molar-refractivity contribution in [2.24, 2.45) is 0 Å². The van der Waals surface area contributed by atoms with E-state index in [4.69, 9.17) is 4.42 Å². The Labute approximate surface area is 410 Å². The smallest absolute Gasteiger partial charge is 0.333 e. The minimum Gasteiger partial charge on any atom is -0.455 e. The number of fused-ring (bicyclic) bond motifs is 22. The van der Waals surface area contributed by atoms with Gasteiger partial charge in [0.2, 0.25) is 0 Å². The van der Waals surface area contributed by atoms with Crippen LogP contribution in [0.4, 0.5) is 28.4 Å². The van der Waals surface area contributed by atoms with E-state index in [2.05, 4.69) is 227 Å². The minimum atomic E-state index is -0.531. The summed E-state index contributed by atoms with van der Waals surface area (Å²) in [7, 11) is 0. The van der Waals surface area contributed by atoms with E-state index in [0.29, 0.717) is 0 Å². The van der Waals surface area contributed by atoms with Crippen LogP contribution in [0.1, 0.15) is 98.9 Å². The third-order valence-corrected chi connectivity index (χ3v) is 18.3. The van der Waals surface area contributed by atoms with Crippen LogP contribution in [0, 0.1) is 0 Å². The lowest BCUT2D eigenvalue weighted by Crippen LogP contribution is -2.63. The molecule has 3 aliphatic heterocycles. The summed E-state index contributed by atoms with van der Waals surface area (Å²) in [6.07, 6.45) is 2.32. The van der Waals surface area contributed by atoms with Crippen molar-refractivity contribution in [3.8, 4) is 33.4 Å². The highest BCUT2D eigenvalue weighted by molar-refractivity contribution is 6.94. The summed E-state index contributed by atoms with van der Waals surface area (Å²) < 4.78 is 7.27. The predicted molar refractivity (Wildman–Crippen MR) is 291 cm³/mol. The lowest BCUT2D eigenvalue weighted by atomic mass is 9.41. The molecule has 4 heteroatoms. The van der Waals surface area contributed by atoms with Gasteiger partial charge in [0, 0.05) is 44.5 Å². The molecule has 0 saturated heterocycles. The molecule has 16 rings (SSSR count). The van der Waals surface area contributed by atoms with Crippen LogP contribution in [0.2, 0.25) is 0 Å². The number of furan rings is 1. The number of para-hydroxylation sites is 3. The van der Waals surface area contributed by atoms with Gasteiger partial charge in [-0.25, -0.2) is 0 Å². The predicted octanol–water partition coefficient (Wildman–Crippen LogP) is 15.6. The van der Waals surface area contributed by atoms with Gasteiger partial charge in [0.1, 0.15) is 11.2 Å². The Hall–Kier alpha value is -7.56. The molecule has 70 heavy (non-hydrogen) atoms. The molecule has 0 saturated carbocycles. The summed E-state index contributed by atoms with van der Waals surface area (Å²) in [6.45, 7) is 14.6. The molecule has 0 bridgehead atoms. The molecule has 3 aliphatic carbocycles. The van der Waals surface area contributed by atoms with Crippen LogP contribution in [0.3, 0.4) is 0 Å². The highest BCUT2D eigenvalue weighted by Gasteiger charge is 2.57. The summed E-state index contributed by atoms with van der Waals surface area (Å²) in [5, 5.41) is 2.31. The summed E-state index contributed by atoms with van der Waals surface area (Å²) in [5.41, 5.74) is 28.8. The Balaban J connectivity index is 1.10. The van der Waals surface area contributed by atoms with Gasteiger partial charge in [0.05, 0.1) is 11.1 Å². The van der Waals surface area contributed by atoms with Gasteiger partial charge in [-0.05, 0) is 149 Å². The van der Waals surface area contributed by atoms with Gasteiger partial charge in [-0.15, -0.1) is 0 Å². The van der Waals surface area contributed by atoms with Gasteiger partial charge in [0.25, 0.3) is 0 Å². The first-order valence-corrected chi connectivity index (χ1v) is 25.4. The molecular weight excluding hydrogens is 848 g/mol. The molecule has 0 fully saturated rings. The fourth-order valence-corrected chi connectivity index (χ4v) is 15.1. The van der Waals surface area contributed by atoms with Gasteiger partial charge in [-0.1, -0.05) is 175 Å². The van der Waals surface area contributed by atoms with Gasteiger partial charge < -0.3 is 14.1 Å². The molecule has 10 aromatic rings. The van der Waals surface area contributed by atoms with Gasteiger partial charge in [-0.2, -0.15) is 0 Å². The van der Waals surface area contributed by atoms with Crippen LogP contribution in [0.25, 0.3) is 55.3 Å². The van der Waals surface area contributed by atoms with Crippen molar-refractivity contribution in [2.75, 3.05) is 9.71 Å². The maximum atomic E-state index is 7.27. The van der Waals surface area contributed by atoms with Gasteiger partial charge in [0.15, 0.2) is 0 Å². The van der Waals surface area contributed by atoms with Crippen LogP contribution in [0.5, 0.6) is 0 Å². The third-order valence-electron chi connectivity index (χ3n) is 18.3. The Morgan fingerprint density at radius 1 is 0.457 bits per heavy atom. The molecule has 1 spiro atoms. The monoisotopic (exact) mass is 898 g/mol. The number of anilines is 5. The number of rotatable bonds is 1. The van der Waals surface area contributed by atoms with E-state index in [1.54, 1.807) is 0 Å². The molecule has 1 aromatic heterocycles. The zero-order chi connectivity index (χ0) is 46.8. The Morgan fingerprint density at radius 2 is 1.09 bits per heavy atom. The Morgan fingerprint density at radius 3 is 1.84 bits per heavy atom. The highest BCUT2D eigenvalue weighted by Crippen LogP contribution is 2.66. The average molecular weight is 899 g/mol. The average Bonchev–Trinajstić information content (AvgIpc) is 3.99. The van der Waals surface area contributed by atoms with E-state index in [0.717, 1.165) is 28.4 Å². The van der Waals surface area contributed by atoms with Crippen molar-refractivity contribution in [2.45, 2.75) is 76.0 Å². The van der Waals surface area contributed by atoms with Crippen molar-refractivity contribution in [1.29, 1.82) is 0 Å². The standard InChI is InChI=1S/C66H51BN2O/c1-63(2)34-35-64(3,4)51-36-38(30-32-48(51)63)69-54-33-31-43-42-21-10-16-29-56(42)70-62(43)57(54)58-59-44(41-20-7-11-22-45(41)65(59,5)6)37-55-60(58)67(69)52-27-17-26-50-61(52)68(55)53-28-15-14-25-49(53)66(50)46-23-12-8-18-39(46)40-19-9-13-24-47(40)66/h7-33,36-37H,34-35H2,1-6H3. The first kappa shape index (κ1) is 39.3. The largest absolute Gasteiger partial charge is 0.455 e. The molecule has 9 aromatic carbocycles. The zero-order valence-corrected chi connectivity index (χ0v) is 40.5. The summed E-state index contributed by atoms with van der Waals surface area (Å²) in [4.78, 5) is 5.43. The fourth-order valence-electron chi connectivity index (χ4n) is 15.1. The first-order valence-electron chi connectivity index (χ1n) is 25.4. The van der Waals surface area contributed by atoms with Crippen molar-refractivity contribution >= 4 is 68.1 Å². The quantitative estimate of drug-likeness (QED) is 0.153. The number of nitrogens with zero attached hydrogens (tertiary/aromatic N) is 2. The molecular formula is C66H51BN2O. The van der Waals surface area contributed by atoms with E-state index in [1.807, 2.05) is 0 Å². The van der Waals surface area contributed by atoms with Crippen LogP contribution < -0.4 is 20.6 Å². The van der Waals surface area contributed by atoms with Crippen LogP contribution >= 0.6 is 0 Å². The molecule has 334 valence electrons. The zero-order valence-electron chi connectivity index (χ0n) is 40.5. The van der Waals surface area contributed by atoms with E-state index in [1.165, 1.54) is 124 Å². The molecule has 6 aliphatic rings. The van der Waals surface area contributed by atoms with Crippen molar-refractivity contribution in [1.82, 2.24) is 0 Å². The van der Waals surface area contributed by atoms with E-state index < -0.39 is 5.41 Å². The van der Waals surface area contributed by atoms with Crippen LogP contribution in [-0.4, -0.2) is 6.85 Å². The molecule has 0 atom stereocenters. The summed E-state index contributed by atoms with van der Waals surface area (Å²) in [5.74, 6) is 0. The van der Waals surface area contributed by atoms with Crippen molar-refractivity contribution < 1.29 is 4.42 Å². The second kappa shape index (κ2) is 12.8. The molecule has 0 amide bonds. The summed E-state index contributed by atoms with van der Waals surface area (Å²) in [6, 6.07) is 67.8. The van der Waals surface area contributed by atoms with E-state index >= 15 is 0 Å².